The van der Waals surface area contributed by atoms with Gasteiger partial charge in [0.1, 0.15) is 0 Å². The van der Waals surface area contributed by atoms with Gasteiger partial charge >= 0.3 is 0 Å². The monoisotopic (exact) mass is 258 g/mol. The largest absolute Gasteiger partial charge is 0.251 e. The summed E-state index contributed by atoms with van der Waals surface area (Å²) >= 11 is 0. The molecule has 2 fully saturated rings. The van der Waals surface area contributed by atoms with E-state index in [2.05, 4.69) is 0 Å². The van der Waals surface area contributed by atoms with Crippen LogP contribution in [0.3, 0.4) is 0 Å². The van der Waals surface area contributed by atoms with Crippen molar-refractivity contribution in [1.82, 2.24) is 0 Å². The van der Waals surface area contributed by atoms with Crippen molar-refractivity contribution in [2.24, 2.45) is 23.7 Å². The van der Waals surface area contributed by atoms with Crippen molar-refractivity contribution in [2.75, 3.05) is 13.3 Å². The summed E-state index contributed by atoms with van der Waals surface area (Å²) in [6, 6.07) is 0. The van der Waals surface area contributed by atoms with Crippen molar-refractivity contribution in [3.05, 3.63) is 0 Å². The molecule has 0 atom stereocenters. The second-order valence-electron chi connectivity index (χ2n) is 6.52. The van der Waals surface area contributed by atoms with Gasteiger partial charge < -0.3 is 0 Å². The third-order valence-corrected chi connectivity index (χ3v) is 5.48. The van der Waals surface area contributed by atoms with E-state index in [1.54, 1.807) is 0 Å². The summed E-state index contributed by atoms with van der Waals surface area (Å²) < 4.78 is 24.6. The lowest BCUT2D eigenvalue weighted by Gasteiger charge is -2.37. The van der Waals surface area contributed by atoms with Crippen molar-refractivity contribution in [1.29, 1.82) is 0 Å². The Hall–Kier alpha value is -0.140. The lowest BCUT2D eigenvalue weighted by Crippen LogP contribution is -2.26. The molecule has 0 aliphatic heterocycles. The predicted octanol–water partition coefficient (Wildman–Crippen LogP) is 5.32. The van der Waals surface area contributed by atoms with Crippen LogP contribution in [0.25, 0.3) is 0 Å². The number of rotatable bonds is 5. The van der Waals surface area contributed by atoms with Crippen molar-refractivity contribution in [2.45, 2.75) is 64.2 Å². The fourth-order valence-corrected chi connectivity index (χ4v) is 4.21. The molecular formula is C16H28F2. The molecule has 0 saturated heterocycles. The van der Waals surface area contributed by atoms with Crippen molar-refractivity contribution in [3.8, 4) is 0 Å². The average molecular weight is 258 g/mol. The lowest BCUT2D eigenvalue weighted by molar-refractivity contribution is 0.136. The van der Waals surface area contributed by atoms with Gasteiger partial charge in [0.2, 0.25) is 0 Å². The zero-order valence-corrected chi connectivity index (χ0v) is 11.6. The highest BCUT2D eigenvalue weighted by Gasteiger charge is 2.30. The molecule has 0 bridgehead atoms. The Morgan fingerprint density at radius 3 is 1.17 bits per heavy atom. The van der Waals surface area contributed by atoms with Gasteiger partial charge in [-0.25, -0.2) is 0 Å². The Morgan fingerprint density at radius 1 is 0.556 bits per heavy atom. The number of halogens is 2. The SMILES string of the molecule is FCCC1CCC(C2CCC(CCF)CC2)CC1. The minimum absolute atomic E-state index is 0.135. The molecule has 2 heteroatoms. The van der Waals surface area contributed by atoms with Crippen LogP contribution in [-0.2, 0) is 0 Å². The molecule has 2 rings (SSSR count). The summed E-state index contributed by atoms with van der Waals surface area (Å²) in [6.07, 6.45) is 11.9. The molecule has 0 spiro atoms. The smallest absolute Gasteiger partial charge is 0.0897 e. The van der Waals surface area contributed by atoms with Crippen LogP contribution in [-0.4, -0.2) is 13.3 Å². The molecule has 106 valence electrons. The molecule has 0 aromatic carbocycles. The molecule has 2 aliphatic rings. The quantitative estimate of drug-likeness (QED) is 0.626. The molecule has 2 saturated carbocycles. The minimum Gasteiger partial charge on any atom is -0.251 e. The van der Waals surface area contributed by atoms with Gasteiger partial charge in [0, 0.05) is 0 Å². The standard InChI is InChI=1S/C16H28F2/c17-11-9-13-1-5-15(6-2-13)16-7-3-14(4-8-16)10-12-18/h13-16H,1-12H2. The first-order chi connectivity index (χ1) is 8.83. The van der Waals surface area contributed by atoms with E-state index in [-0.39, 0.29) is 13.3 Å². The van der Waals surface area contributed by atoms with Crippen LogP contribution in [0.2, 0.25) is 0 Å². The Morgan fingerprint density at radius 2 is 0.889 bits per heavy atom. The van der Waals surface area contributed by atoms with Gasteiger partial charge in [-0.15, -0.1) is 0 Å². The van der Waals surface area contributed by atoms with E-state index >= 15 is 0 Å². The summed E-state index contributed by atoms with van der Waals surface area (Å²) in [5.74, 6) is 3.11. The zero-order valence-electron chi connectivity index (χ0n) is 11.6. The summed E-state index contributed by atoms with van der Waals surface area (Å²) in [6.45, 7) is -0.270. The number of alkyl halides is 2. The molecule has 2 aliphatic carbocycles. The van der Waals surface area contributed by atoms with Crippen LogP contribution in [0.4, 0.5) is 8.78 Å². The summed E-state index contributed by atoms with van der Waals surface area (Å²) in [4.78, 5) is 0. The second-order valence-corrected chi connectivity index (χ2v) is 6.52. The van der Waals surface area contributed by atoms with Gasteiger partial charge in [-0.05, 0) is 62.2 Å². The maximum atomic E-state index is 12.3. The molecule has 0 unspecified atom stereocenters. The molecule has 0 N–H and O–H groups in total. The van der Waals surface area contributed by atoms with Crippen LogP contribution in [0.1, 0.15) is 64.2 Å². The first kappa shape index (κ1) is 14.3. The molecular weight excluding hydrogens is 230 g/mol. The van der Waals surface area contributed by atoms with Gasteiger partial charge in [-0.1, -0.05) is 25.7 Å². The van der Waals surface area contributed by atoms with Crippen molar-refractivity contribution >= 4 is 0 Å². The van der Waals surface area contributed by atoms with Gasteiger partial charge in [0.25, 0.3) is 0 Å². The fourth-order valence-electron chi connectivity index (χ4n) is 4.21. The van der Waals surface area contributed by atoms with Gasteiger partial charge in [-0.2, -0.15) is 0 Å². The molecule has 0 radical (unpaired) electrons. The molecule has 0 aromatic rings. The van der Waals surface area contributed by atoms with E-state index in [4.69, 9.17) is 0 Å². The van der Waals surface area contributed by atoms with E-state index in [0.717, 1.165) is 24.7 Å². The van der Waals surface area contributed by atoms with Gasteiger partial charge in [-0.3, -0.25) is 8.78 Å². The first-order valence-corrected chi connectivity index (χ1v) is 7.95. The van der Waals surface area contributed by atoms with Crippen LogP contribution < -0.4 is 0 Å². The molecule has 0 heterocycles. The maximum Gasteiger partial charge on any atom is 0.0897 e. The fraction of sp³-hybridized carbons (Fsp3) is 1.00. The molecule has 0 amide bonds. The third-order valence-electron chi connectivity index (χ3n) is 5.48. The summed E-state index contributed by atoms with van der Waals surface area (Å²) in [5, 5.41) is 0. The third kappa shape index (κ3) is 3.93. The Balaban J connectivity index is 1.68. The highest BCUT2D eigenvalue weighted by molar-refractivity contribution is 4.82. The second kappa shape index (κ2) is 7.45. The van der Waals surface area contributed by atoms with E-state index in [1.807, 2.05) is 0 Å². The maximum absolute atomic E-state index is 12.3. The van der Waals surface area contributed by atoms with Crippen LogP contribution in [0.5, 0.6) is 0 Å². The average Bonchev–Trinajstić information content (AvgIpc) is 2.41. The van der Waals surface area contributed by atoms with E-state index in [0.29, 0.717) is 11.8 Å². The lowest BCUT2D eigenvalue weighted by atomic mass is 9.68. The van der Waals surface area contributed by atoms with Crippen LogP contribution >= 0.6 is 0 Å². The van der Waals surface area contributed by atoms with Gasteiger partial charge in [0.15, 0.2) is 0 Å². The van der Waals surface area contributed by atoms with E-state index in [1.165, 1.54) is 51.4 Å². The van der Waals surface area contributed by atoms with Crippen LogP contribution in [0, 0.1) is 23.7 Å². The first-order valence-electron chi connectivity index (χ1n) is 7.95. The number of hydrogen-bond acceptors (Lipinski definition) is 0. The Kier molecular flexibility index (Phi) is 5.91. The predicted molar refractivity (Wildman–Crippen MR) is 72.1 cm³/mol. The minimum atomic E-state index is -0.135. The van der Waals surface area contributed by atoms with Crippen molar-refractivity contribution < 1.29 is 8.78 Å². The highest BCUT2D eigenvalue weighted by atomic mass is 19.1. The molecule has 0 aromatic heterocycles. The van der Waals surface area contributed by atoms with E-state index in [9.17, 15) is 8.78 Å². The highest BCUT2D eigenvalue weighted by Crippen LogP contribution is 2.42. The molecule has 18 heavy (non-hydrogen) atoms. The summed E-state index contributed by atoms with van der Waals surface area (Å²) in [7, 11) is 0. The van der Waals surface area contributed by atoms with Crippen molar-refractivity contribution in [3.63, 3.8) is 0 Å². The Bertz CT molecular complexity index is 189. The topological polar surface area (TPSA) is 0 Å². The summed E-state index contributed by atoms with van der Waals surface area (Å²) in [5.41, 5.74) is 0. The van der Waals surface area contributed by atoms with E-state index < -0.39 is 0 Å². The Labute approximate surface area is 111 Å². The molecule has 0 nitrogen and oxygen atoms in total. The zero-order chi connectivity index (χ0) is 12.8. The number of hydrogen-bond donors (Lipinski definition) is 0. The van der Waals surface area contributed by atoms with Crippen LogP contribution in [0.15, 0.2) is 0 Å². The normalized spacial score (nSPS) is 37.7. The van der Waals surface area contributed by atoms with Gasteiger partial charge in [0.05, 0.1) is 13.3 Å².